The van der Waals surface area contributed by atoms with Crippen LogP contribution in [0.1, 0.15) is 25.7 Å². The first-order valence-corrected chi connectivity index (χ1v) is 14.2. The molecule has 3 heterocycles. The van der Waals surface area contributed by atoms with Crippen LogP contribution in [0.2, 0.25) is 0 Å². The topological polar surface area (TPSA) is 227 Å². The van der Waals surface area contributed by atoms with Gasteiger partial charge < -0.3 is 26.4 Å². The summed E-state index contributed by atoms with van der Waals surface area (Å²) in [6.45, 7) is 1.78. The number of hydrogen-bond donors (Lipinski definition) is 5. The van der Waals surface area contributed by atoms with Crippen molar-refractivity contribution in [3.05, 3.63) is 16.9 Å². The molecule has 2 aliphatic rings. The van der Waals surface area contributed by atoms with E-state index in [1.54, 1.807) is 6.20 Å². The van der Waals surface area contributed by atoms with Crippen LogP contribution in [0.3, 0.4) is 0 Å². The fourth-order valence-corrected chi connectivity index (χ4v) is 5.70. The average Bonchev–Trinajstić information content (AvgIpc) is 3.49. The zero-order valence-corrected chi connectivity index (χ0v) is 21.3. The van der Waals surface area contributed by atoms with Gasteiger partial charge >= 0.3 is 0 Å². The van der Waals surface area contributed by atoms with Gasteiger partial charge in [-0.1, -0.05) is 0 Å². The monoisotopic (exact) mass is 585 g/mol. The molecule has 1 amide bonds. The number of H-pyrrole nitrogens is 1. The van der Waals surface area contributed by atoms with Crippen LogP contribution in [0.25, 0.3) is 11.0 Å². The number of nitrogens with two attached hydrogens (primary N) is 1. The van der Waals surface area contributed by atoms with Crippen molar-refractivity contribution in [3.63, 3.8) is 0 Å². The zero-order valence-electron chi connectivity index (χ0n) is 18.1. The van der Waals surface area contributed by atoms with E-state index in [1.807, 2.05) is 6.20 Å². The lowest BCUT2D eigenvalue weighted by molar-refractivity contribution is -0.117. The van der Waals surface area contributed by atoms with Crippen molar-refractivity contribution >= 4 is 64.5 Å². The van der Waals surface area contributed by atoms with Gasteiger partial charge in [-0.25, -0.2) is 4.98 Å². The van der Waals surface area contributed by atoms with Gasteiger partial charge in [0.15, 0.2) is 0 Å². The highest BCUT2D eigenvalue weighted by molar-refractivity contribution is 9.10. The summed E-state index contributed by atoms with van der Waals surface area (Å²) in [5.41, 5.74) is 8.81. The van der Waals surface area contributed by atoms with Crippen molar-refractivity contribution in [3.8, 4) is 0 Å². The molecule has 16 heteroatoms. The number of aromatic nitrogens is 2. The molecule has 13 nitrogen and oxygen atoms in total. The van der Waals surface area contributed by atoms with Gasteiger partial charge in [-0.2, -0.15) is 16.8 Å². The van der Waals surface area contributed by atoms with E-state index in [0.717, 1.165) is 65.7 Å². The third-order valence-corrected chi connectivity index (χ3v) is 7.49. The Labute approximate surface area is 205 Å². The smallest absolute Gasteiger partial charge is 0.265 e. The van der Waals surface area contributed by atoms with Crippen LogP contribution >= 0.6 is 15.9 Å². The molecular formula is C18H28BrN5O8S2. The van der Waals surface area contributed by atoms with E-state index < -0.39 is 31.7 Å². The molecule has 0 aromatic carbocycles. The minimum atomic E-state index is -4.30. The number of hydrogen-bond acceptors (Lipinski definition) is 8. The summed E-state index contributed by atoms with van der Waals surface area (Å²) in [6, 6.07) is 0.183. The van der Waals surface area contributed by atoms with Crippen LogP contribution < -0.4 is 16.0 Å². The molecule has 8 N–H and O–H groups in total. The number of carbonyl (C=O) groups excluding carboxylic acids is 1. The van der Waals surface area contributed by atoms with Crippen LogP contribution in [0.4, 0.5) is 11.4 Å². The van der Waals surface area contributed by atoms with Crippen molar-refractivity contribution in [2.45, 2.75) is 31.7 Å². The first-order valence-electron chi connectivity index (χ1n) is 10.2. The average molecular weight is 586 g/mol. The van der Waals surface area contributed by atoms with Gasteiger partial charge in [-0.3, -0.25) is 13.9 Å². The highest BCUT2D eigenvalue weighted by atomic mass is 79.9. The number of pyridine rings is 1. The van der Waals surface area contributed by atoms with Gasteiger partial charge in [0.1, 0.15) is 5.65 Å². The van der Waals surface area contributed by atoms with Crippen molar-refractivity contribution in [1.82, 2.24) is 9.97 Å². The van der Waals surface area contributed by atoms with E-state index in [4.69, 9.17) is 14.8 Å². The number of piperidine rings is 1. The summed E-state index contributed by atoms with van der Waals surface area (Å²) in [7, 11) is -8.59. The standard InChI is InChI=1S/C16H20BrN5O.C2H6O6S2.H2O/c17-11-6-19-15-13(14(11)22-5-1-2-10(18)8-22)12(7-20-15)21-16(23)9-3-4-9;3-9(4,5)1-2-10(6,7)8;/h6-7,9-10H,1-5,8,18H2,(H,19,20)(H,21,23);1-2H2,(H,3,4,5)(H,6,7,8);1H2/t10-;;/m1../s1. The third-order valence-electron chi connectivity index (χ3n) is 5.21. The Kier molecular flexibility index (Phi) is 9.43. The van der Waals surface area contributed by atoms with Crippen molar-refractivity contribution < 1.29 is 36.2 Å². The van der Waals surface area contributed by atoms with Crippen LogP contribution in [0, 0.1) is 5.92 Å². The first-order chi connectivity index (χ1) is 15.3. The summed E-state index contributed by atoms with van der Waals surface area (Å²) in [4.78, 5) is 22.0. The Morgan fingerprint density at radius 1 is 1.21 bits per heavy atom. The highest BCUT2D eigenvalue weighted by Gasteiger charge is 2.31. The molecule has 1 aliphatic heterocycles. The molecule has 34 heavy (non-hydrogen) atoms. The molecule has 2 aromatic heterocycles. The quantitative estimate of drug-likeness (QED) is 0.295. The van der Waals surface area contributed by atoms with E-state index in [-0.39, 0.29) is 23.3 Å². The number of nitrogens with one attached hydrogen (secondary N) is 2. The number of aromatic amines is 1. The number of halogens is 1. The Bertz CT molecular complexity index is 1200. The van der Waals surface area contributed by atoms with Gasteiger partial charge in [-0.15, -0.1) is 0 Å². The third kappa shape index (κ3) is 8.14. The highest BCUT2D eigenvalue weighted by Crippen LogP contribution is 2.39. The molecule has 1 atom stereocenters. The van der Waals surface area contributed by atoms with Gasteiger partial charge in [-0.05, 0) is 41.6 Å². The Hall–Kier alpha value is -1.82. The normalized spacial score (nSPS) is 18.6. The minimum absolute atomic E-state index is 0. The van der Waals surface area contributed by atoms with E-state index in [0.29, 0.717) is 0 Å². The summed E-state index contributed by atoms with van der Waals surface area (Å²) in [5.74, 6) is -1.68. The maximum absolute atomic E-state index is 12.2. The number of amides is 1. The van der Waals surface area contributed by atoms with Crippen LogP contribution in [0.5, 0.6) is 0 Å². The van der Waals surface area contributed by atoms with E-state index in [1.165, 1.54) is 0 Å². The lowest BCUT2D eigenvalue weighted by Gasteiger charge is -2.33. The number of carbonyl (C=O) groups is 1. The largest absolute Gasteiger partial charge is 0.412 e. The SMILES string of the molecule is N[C@@H]1CCCN(c2c(Br)cnc3[nH]cc(NC(=O)C4CC4)c23)C1.O.O=S(=O)(O)CCS(=O)(=O)O. The van der Waals surface area contributed by atoms with Crippen LogP contribution in [-0.2, 0) is 25.0 Å². The number of fused-ring (bicyclic) bond motifs is 1. The first kappa shape index (κ1) is 28.4. The summed E-state index contributed by atoms with van der Waals surface area (Å²) >= 11 is 3.63. The maximum Gasteiger partial charge on any atom is 0.265 e. The second kappa shape index (κ2) is 11.3. The Balaban J connectivity index is 0.000000320. The number of nitrogens with zero attached hydrogens (tertiary/aromatic N) is 2. The van der Waals surface area contributed by atoms with Gasteiger partial charge in [0.05, 0.1) is 32.7 Å². The fraction of sp³-hybridized carbons (Fsp3) is 0.556. The van der Waals surface area contributed by atoms with Gasteiger partial charge in [0, 0.05) is 37.4 Å². The number of anilines is 2. The second-order valence-electron chi connectivity index (χ2n) is 8.06. The van der Waals surface area contributed by atoms with Gasteiger partial charge in [0.2, 0.25) is 5.91 Å². The molecule has 1 saturated carbocycles. The summed E-state index contributed by atoms with van der Waals surface area (Å²) in [6.07, 6.45) is 7.75. The van der Waals surface area contributed by atoms with Crippen molar-refractivity contribution in [1.29, 1.82) is 0 Å². The predicted octanol–water partition coefficient (Wildman–Crippen LogP) is 0.539. The molecule has 1 saturated heterocycles. The van der Waals surface area contributed by atoms with E-state index >= 15 is 0 Å². The molecule has 192 valence electrons. The van der Waals surface area contributed by atoms with Crippen LogP contribution in [0.15, 0.2) is 16.9 Å². The Morgan fingerprint density at radius 2 is 1.82 bits per heavy atom. The zero-order chi connectivity index (χ0) is 24.4. The summed E-state index contributed by atoms with van der Waals surface area (Å²) in [5, 5.41) is 4.02. The predicted molar refractivity (Wildman–Crippen MR) is 131 cm³/mol. The molecule has 1 aliphatic carbocycles. The molecule has 4 rings (SSSR count). The van der Waals surface area contributed by atoms with Crippen molar-refractivity contribution in [2.24, 2.45) is 11.7 Å². The fourth-order valence-electron chi connectivity index (χ4n) is 3.47. The van der Waals surface area contributed by atoms with Gasteiger partial charge in [0.25, 0.3) is 20.2 Å². The van der Waals surface area contributed by atoms with Crippen molar-refractivity contribution in [2.75, 3.05) is 34.8 Å². The molecule has 0 unspecified atom stereocenters. The molecule has 0 spiro atoms. The molecule has 2 aromatic rings. The maximum atomic E-state index is 12.2. The molecular weight excluding hydrogens is 558 g/mol. The lowest BCUT2D eigenvalue weighted by Crippen LogP contribution is -2.43. The number of rotatable bonds is 6. The molecule has 2 fully saturated rings. The lowest BCUT2D eigenvalue weighted by atomic mass is 10.1. The molecule has 0 radical (unpaired) electrons. The minimum Gasteiger partial charge on any atom is -0.412 e. The van der Waals surface area contributed by atoms with E-state index in [2.05, 4.69) is 36.1 Å². The second-order valence-corrected chi connectivity index (χ2v) is 12.1. The van der Waals surface area contributed by atoms with Crippen LogP contribution in [-0.4, -0.2) is 77.9 Å². The summed E-state index contributed by atoms with van der Waals surface area (Å²) < 4.78 is 56.3. The molecule has 0 bridgehead atoms. The Morgan fingerprint density at radius 3 is 2.35 bits per heavy atom. The van der Waals surface area contributed by atoms with E-state index in [9.17, 15) is 21.6 Å².